The molecule has 5 nitrogen and oxygen atoms in total. The summed E-state index contributed by atoms with van der Waals surface area (Å²) in [5, 5.41) is 7.41. The van der Waals surface area contributed by atoms with E-state index >= 15 is 0 Å². The molecule has 2 heterocycles. The molecule has 0 saturated heterocycles. The number of nitrogens with one attached hydrogen (secondary N) is 1. The Kier molecular flexibility index (Phi) is 4.76. The minimum Gasteiger partial charge on any atom is -0.460 e. The third kappa shape index (κ3) is 3.71. The van der Waals surface area contributed by atoms with Crippen LogP contribution in [-0.4, -0.2) is 15.7 Å². The molecule has 28 heavy (non-hydrogen) atoms. The summed E-state index contributed by atoms with van der Waals surface area (Å²) >= 11 is 0. The van der Waals surface area contributed by atoms with Crippen LogP contribution in [0.15, 0.2) is 77.2 Å². The molecule has 0 atom stereocenters. The highest BCUT2D eigenvalue weighted by Crippen LogP contribution is 2.24. The Balaban J connectivity index is 1.68. The number of nitrogens with zero attached hydrogens (tertiary/aromatic N) is 2. The fourth-order valence-corrected chi connectivity index (χ4v) is 2.88. The van der Waals surface area contributed by atoms with Gasteiger partial charge in [0.05, 0.1) is 5.69 Å². The van der Waals surface area contributed by atoms with E-state index in [2.05, 4.69) is 10.4 Å². The number of hydrogen-bond donors (Lipinski definition) is 1. The molecule has 4 aromatic rings. The van der Waals surface area contributed by atoms with Crippen LogP contribution in [0, 0.1) is 12.7 Å². The zero-order chi connectivity index (χ0) is 19.5. The van der Waals surface area contributed by atoms with E-state index in [1.165, 1.54) is 16.8 Å². The van der Waals surface area contributed by atoms with Gasteiger partial charge in [0.15, 0.2) is 5.76 Å². The molecule has 4 rings (SSSR count). The second kappa shape index (κ2) is 7.52. The lowest BCUT2D eigenvalue weighted by Gasteiger charge is -2.08. The van der Waals surface area contributed by atoms with Crippen molar-refractivity contribution in [1.82, 2.24) is 15.1 Å². The van der Waals surface area contributed by atoms with E-state index in [9.17, 15) is 9.18 Å². The van der Waals surface area contributed by atoms with Crippen molar-refractivity contribution in [3.05, 3.63) is 95.6 Å². The van der Waals surface area contributed by atoms with Gasteiger partial charge in [-0.25, -0.2) is 9.07 Å². The lowest BCUT2D eigenvalue weighted by Crippen LogP contribution is -2.25. The average Bonchev–Trinajstić information content (AvgIpc) is 3.34. The molecule has 2 aromatic carbocycles. The van der Waals surface area contributed by atoms with Crippen LogP contribution < -0.4 is 5.32 Å². The van der Waals surface area contributed by atoms with Gasteiger partial charge in [0, 0.05) is 12.6 Å². The van der Waals surface area contributed by atoms with Crippen molar-refractivity contribution in [2.24, 2.45) is 0 Å². The molecule has 0 aliphatic carbocycles. The number of aromatic nitrogens is 2. The van der Waals surface area contributed by atoms with E-state index in [0.717, 1.165) is 11.3 Å². The van der Waals surface area contributed by atoms with Gasteiger partial charge in [-0.05, 0) is 48.9 Å². The van der Waals surface area contributed by atoms with Gasteiger partial charge in [0.25, 0.3) is 5.91 Å². The largest absolute Gasteiger partial charge is 0.460 e. The molecule has 2 aromatic heterocycles. The Morgan fingerprint density at radius 1 is 1.07 bits per heavy atom. The maximum Gasteiger partial charge on any atom is 0.270 e. The van der Waals surface area contributed by atoms with Crippen molar-refractivity contribution in [2.45, 2.75) is 13.5 Å². The number of carbonyl (C=O) groups is 1. The van der Waals surface area contributed by atoms with Crippen LogP contribution in [0.4, 0.5) is 4.39 Å². The summed E-state index contributed by atoms with van der Waals surface area (Å²) in [5.41, 5.74) is 2.44. The molecule has 0 spiro atoms. The number of halogens is 1. The van der Waals surface area contributed by atoms with Crippen molar-refractivity contribution in [3.63, 3.8) is 0 Å². The highest BCUT2D eigenvalue weighted by Gasteiger charge is 2.19. The summed E-state index contributed by atoms with van der Waals surface area (Å²) in [6, 6.07) is 20.8. The van der Waals surface area contributed by atoms with Gasteiger partial charge < -0.3 is 9.73 Å². The molecule has 0 radical (unpaired) electrons. The number of aryl methyl sites for hydroxylation is 1. The van der Waals surface area contributed by atoms with Gasteiger partial charge in [-0.1, -0.05) is 30.3 Å². The monoisotopic (exact) mass is 375 g/mol. The van der Waals surface area contributed by atoms with Gasteiger partial charge in [0.2, 0.25) is 0 Å². The Bertz CT molecular complexity index is 1100. The smallest absolute Gasteiger partial charge is 0.270 e. The predicted molar refractivity (Wildman–Crippen MR) is 104 cm³/mol. The molecule has 0 unspecified atom stereocenters. The van der Waals surface area contributed by atoms with Gasteiger partial charge in [0.1, 0.15) is 23.0 Å². The first-order valence-electron chi connectivity index (χ1n) is 8.85. The van der Waals surface area contributed by atoms with E-state index in [0.29, 0.717) is 29.4 Å². The maximum atomic E-state index is 13.3. The van der Waals surface area contributed by atoms with Crippen LogP contribution in [-0.2, 0) is 6.54 Å². The summed E-state index contributed by atoms with van der Waals surface area (Å²) in [5.74, 6) is 0.681. The fraction of sp³-hybridized carbons (Fsp3) is 0.0909. The Labute approximate surface area is 161 Å². The summed E-state index contributed by atoms with van der Waals surface area (Å²) in [6.45, 7) is 2.23. The van der Waals surface area contributed by atoms with Crippen molar-refractivity contribution >= 4 is 5.91 Å². The predicted octanol–water partition coefficient (Wildman–Crippen LogP) is 4.51. The summed E-state index contributed by atoms with van der Waals surface area (Å²) in [6.07, 6.45) is 0. The first-order chi connectivity index (χ1) is 13.6. The summed E-state index contributed by atoms with van der Waals surface area (Å²) < 4.78 is 20.4. The topological polar surface area (TPSA) is 60.1 Å². The quantitative estimate of drug-likeness (QED) is 0.558. The lowest BCUT2D eigenvalue weighted by molar-refractivity contribution is 0.0943. The highest BCUT2D eigenvalue weighted by molar-refractivity contribution is 5.94. The number of amides is 1. The van der Waals surface area contributed by atoms with E-state index in [1.807, 2.05) is 43.3 Å². The van der Waals surface area contributed by atoms with Crippen LogP contribution in [0.3, 0.4) is 0 Å². The van der Waals surface area contributed by atoms with Crippen molar-refractivity contribution in [3.8, 4) is 17.1 Å². The van der Waals surface area contributed by atoms with Crippen molar-refractivity contribution in [1.29, 1.82) is 0 Å². The van der Waals surface area contributed by atoms with Crippen LogP contribution in [0.2, 0.25) is 0 Å². The number of hydrogen-bond acceptors (Lipinski definition) is 3. The summed E-state index contributed by atoms with van der Waals surface area (Å²) in [7, 11) is 0. The van der Waals surface area contributed by atoms with E-state index in [-0.39, 0.29) is 11.7 Å². The van der Waals surface area contributed by atoms with Crippen LogP contribution in [0.5, 0.6) is 0 Å². The molecule has 0 fully saturated rings. The standard InChI is InChI=1S/C22H18FN3O2/c1-15-7-12-21(28-15)19-13-20(22(27)24-14-16-5-3-2-4-6-16)26(25-19)18-10-8-17(23)9-11-18/h2-13H,14H2,1H3,(H,24,27). The fourth-order valence-electron chi connectivity index (χ4n) is 2.88. The number of benzene rings is 2. The van der Waals surface area contributed by atoms with Gasteiger partial charge in [-0.15, -0.1) is 0 Å². The molecule has 0 aliphatic heterocycles. The highest BCUT2D eigenvalue weighted by atomic mass is 19.1. The van der Waals surface area contributed by atoms with Crippen LogP contribution in [0.1, 0.15) is 21.8 Å². The first-order valence-corrected chi connectivity index (χ1v) is 8.85. The van der Waals surface area contributed by atoms with Gasteiger partial charge in [-0.2, -0.15) is 5.10 Å². The minimum atomic E-state index is -0.354. The Morgan fingerprint density at radius 3 is 2.50 bits per heavy atom. The average molecular weight is 375 g/mol. The zero-order valence-electron chi connectivity index (χ0n) is 15.2. The number of rotatable bonds is 5. The van der Waals surface area contributed by atoms with Gasteiger partial charge in [-0.3, -0.25) is 4.79 Å². The second-order valence-electron chi connectivity index (χ2n) is 6.38. The Hall–Kier alpha value is -3.67. The molecule has 6 heteroatoms. The molecule has 0 bridgehead atoms. The Morgan fingerprint density at radius 2 is 1.82 bits per heavy atom. The van der Waals surface area contributed by atoms with E-state index in [4.69, 9.17) is 4.42 Å². The molecular formula is C22H18FN3O2. The van der Waals surface area contributed by atoms with Crippen molar-refractivity contribution < 1.29 is 13.6 Å². The van der Waals surface area contributed by atoms with E-state index in [1.54, 1.807) is 24.3 Å². The first kappa shape index (κ1) is 17.7. The third-order valence-corrected chi connectivity index (χ3v) is 4.30. The number of furan rings is 1. The summed E-state index contributed by atoms with van der Waals surface area (Å²) in [4.78, 5) is 12.9. The van der Waals surface area contributed by atoms with E-state index < -0.39 is 0 Å². The second-order valence-corrected chi connectivity index (χ2v) is 6.38. The van der Waals surface area contributed by atoms with Gasteiger partial charge >= 0.3 is 0 Å². The molecule has 1 amide bonds. The molecular weight excluding hydrogens is 357 g/mol. The van der Waals surface area contributed by atoms with Crippen LogP contribution in [0.25, 0.3) is 17.1 Å². The lowest BCUT2D eigenvalue weighted by atomic mass is 10.2. The third-order valence-electron chi connectivity index (χ3n) is 4.30. The zero-order valence-corrected chi connectivity index (χ0v) is 15.2. The SMILES string of the molecule is Cc1ccc(-c2cc(C(=O)NCc3ccccc3)n(-c3ccc(F)cc3)n2)o1. The molecule has 1 N–H and O–H groups in total. The maximum absolute atomic E-state index is 13.3. The molecule has 0 aliphatic rings. The molecule has 140 valence electrons. The van der Waals surface area contributed by atoms with Crippen molar-refractivity contribution in [2.75, 3.05) is 0 Å². The molecule has 0 saturated carbocycles. The minimum absolute atomic E-state index is 0.282. The van der Waals surface area contributed by atoms with Crippen LogP contribution >= 0.6 is 0 Å². The number of carbonyl (C=O) groups excluding carboxylic acids is 1. The normalized spacial score (nSPS) is 10.8.